The van der Waals surface area contributed by atoms with Gasteiger partial charge >= 0.3 is 12.1 Å². The first-order chi connectivity index (χ1) is 21.0. The van der Waals surface area contributed by atoms with Crippen molar-refractivity contribution in [3.8, 4) is 0 Å². The molecular weight excluding hydrogens is 560 g/mol. The van der Waals surface area contributed by atoms with Crippen molar-refractivity contribution in [2.75, 3.05) is 32.0 Å². The lowest BCUT2D eigenvalue weighted by molar-refractivity contribution is 0.0273. The van der Waals surface area contributed by atoms with Crippen molar-refractivity contribution in [1.82, 2.24) is 25.2 Å². The summed E-state index contributed by atoms with van der Waals surface area (Å²) in [7, 11) is 1.62. The number of ether oxygens (including phenoxy) is 2. The Balaban J connectivity index is 1.39. The van der Waals surface area contributed by atoms with Crippen molar-refractivity contribution in [3.05, 3.63) is 65.9 Å². The van der Waals surface area contributed by atoms with Gasteiger partial charge < -0.3 is 25.0 Å². The number of pyridine rings is 1. The molecule has 2 N–H and O–H groups in total. The molecule has 1 aliphatic heterocycles. The van der Waals surface area contributed by atoms with E-state index in [1.165, 1.54) is 6.33 Å². The molecule has 12 heteroatoms. The van der Waals surface area contributed by atoms with E-state index >= 15 is 0 Å². The second-order valence-corrected chi connectivity index (χ2v) is 11.6. The largest absolute Gasteiger partial charge is 0.458 e. The summed E-state index contributed by atoms with van der Waals surface area (Å²) in [5, 5.41) is 6.89. The zero-order valence-corrected chi connectivity index (χ0v) is 26.1. The van der Waals surface area contributed by atoms with Crippen LogP contribution in [0, 0.1) is 0 Å². The molecule has 1 unspecified atom stereocenters. The van der Waals surface area contributed by atoms with Gasteiger partial charge in [-0.3, -0.25) is 9.78 Å². The molecule has 2 aromatic heterocycles. The van der Waals surface area contributed by atoms with Gasteiger partial charge in [-0.05, 0) is 51.6 Å². The summed E-state index contributed by atoms with van der Waals surface area (Å²) in [6.07, 6.45) is 4.78. The molecule has 3 aromatic rings. The quantitative estimate of drug-likeness (QED) is 0.270. The zero-order chi connectivity index (χ0) is 31.9. The van der Waals surface area contributed by atoms with Crippen molar-refractivity contribution in [2.24, 2.45) is 9.98 Å². The molecule has 0 spiro atoms. The van der Waals surface area contributed by atoms with Gasteiger partial charge in [0.1, 0.15) is 23.9 Å². The summed E-state index contributed by atoms with van der Waals surface area (Å²) in [4.78, 5) is 47.9. The summed E-state index contributed by atoms with van der Waals surface area (Å²) in [6, 6.07) is 9.57. The van der Waals surface area contributed by atoms with Gasteiger partial charge in [-0.1, -0.05) is 25.1 Å². The lowest BCUT2D eigenvalue weighted by Crippen LogP contribution is -2.36. The lowest BCUT2D eigenvalue weighted by atomic mass is 9.96. The van der Waals surface area contributed by atoms with Crippen LogP contribution in [0.2, 0.25) is 0 Å². The molecule has 2 amide bonds. The number of aromatic nitrogens is 3. The van der Waals surface area contributed by atoms with Crippen LogP contribution < -0.4 is 10.6 Å². The summed E-state index contributed by atoms with van der Waals surface area (Å²) in [5.41, 5.74) is 3.32. The summed E-state index contributed by atoms with van der Waals surface area (Å²) in [6.45, 7) is 14.6. The van der Waals surface area contributed by atoms with Crippen LogP contribution in [-0.4, -0.2) is 83.0 Å². The number of fused-ring (bicyclic) bond motifs is 1. The molecular formula is C32H40N8O4. The Morgan fingerprint density at radius 1 is 1.23 bits per heavy atom. The fraction of sp³-hybridized carbons (Fsp3) is 0.406. The van der Waals surface area contributed by atoms with Gasteiger partial charge in [0, 0.05) is 56.3 Å². The van der Waals surface area contributed by atoms with Crippen LogP contribution in [0.3, 0.4) is 0 Å². The van der Waals surface area contributed by atoms with E-state index in [9.17, 15) is 9.59 Å². The average Bonchev–Trinajstić information content (AvgIpc) is 3.49. The maximum atomic E-state index is 12.4. The summed E-state index contributed by atoms with van der Waals surface area (Å²) < 4.78 is 11.3. The third-order valence-electron chi connectivity index (χ3n) is 7.04. The van der Waals surface area contributed by atoms with E-state index in [1.807, 2.05) is 52.0 Å². The number of anilines is 1. The Bertz CT molecular complexity index is 1580. The molecule has 2 atom stereocenters. The molecule has 1 fully saturated rings. The third-order valence-corrected chi connectivity index (χ3v) is 7.04. The number of carbonyl (C=O) groups excluding carboxylic acids is 2. The highest BCUT2D eigenvalue weighted by molar-refractivity contribution is 6.06. The molecule has 232 valence electrons. The van der Waals surface area contributed by atoms with E-state index in [1.54, 1.807) is 30.4 Å². The second-order valence-electron chi connectivity index (χ2n) is 11.6. The third kappa shape index (κ3) is 8.15. The monoisotopic (exact) mass is 600 g/mol. The molecule has 12 nitrogen and oxygen atoms in total. The second kappa shape index (κ2) is 14.1. The Hall–Kier alpha value is -4.87. The minimum absolute atomic E-state index is 0.0750. The van der Waals surface area contributed by atoms with Crippen LogP contribution >= 0.6 is 0 Å². The molecule has 3 heterocycles. The highest BCUT2D eigenvalue weighted by Crippen LogP contribution is 2.27. The predicted octanol–water partition coefficient (Wildman–Crippen LogP) is 5.04. The number of aliphatic imine (C=N–C) groups is 2. The average molecular weight is 601 g/mol. The van der Waals surface area contributed by atoms with Crippen LogP contribution in [0.5, 0.6) is 0 Å². The first-order valence-corrected chi connectivity index (χ1v) is 14.5. The van der Waals surface area contributed by atoms with Crippen LogP contribution in [0.1, 0.15) is 68.6 Å². The topological polar surface area (TPSA) is 143 Å². The molecule has 1 aromatic carbocycles. The predicted molar refractivity (Wildman–Crippen MR) is 172 cm³/mol. The molecule has 44 heavy (non-hydrogen) atoms. The Morgan fingerprint density at radius 2 is 2.02 bits per heavy atom. The van der Waals surface area contributed by atoms with Crippen molar-refractivity contribution in [2.45, 2.75) is 58.7 Å². The Labute approximate surface area is 257 Å². The number of hydrogen-bond donors (Lipinski definition) is 2. The number of amidine groups is 1. The first-order valence-electron chi connectivity index (χ1n) is 14.5. The van der Waals surface area contributed by atoms with Gasteiger partial charge in [-0.2, -0.15) is 0 Å². The van der Waals surface area contributed by atoms with Gasteiger partial charge in [-0.25, -0.2) is 24.7 Å². The van der Waals surface area contributed by atoms with Crippen molar-refractivity contribution >= 4 is 47.0 Å². The van der Waals surface area contributed by atoms with E-state index in [0.29, 0.717) is 43.1 Å². The minimum atomic E-state index is -0.560. The Kier molecular flexibility index (Phi) is 10.2. The normalized spacial score (nSPS) is 16.4. The summed E-state index contributed by atoms with van der Waals surface area (Å²) in [5.74, 6) is 0.586. The van der Waals surface area contributed by atoms with Crippen molar-refractivity contribution in [1.29, 1.82) is 0 Å². The number of benzene rings is 1. The van der Waals surface area contributed by atoms with E-state index in [0.717, 1.165) is 22.0 Å². The number of para-hydroxylation sites is 1. The molecule has 0 aliphatic carbocycles. The maximum Gasteiger partial charge on any atom is 0.410 e. The standard InChI is InChI=1S/C32H40N8O4/c1-20(23-9-8-10-24-25(29(41)33-6)11-13-35-28(23)24)16-36-27-15-26(38-19-39-27)21(2)17-37-30(34-7)43-22-12-14-40(18-22)31(42)44-32(3,4)5/h8-11,13,15,17,19-20,22H,7,12,14,16,18H2,1-6H3,(H,33,41)(H,36,38,39)/b21-17+,37-30+/t20-,22?/m1/s1. The van der Waals surface area contributed by atoms with Crippen molar-refractivity contribution < 1.29 is 19.1 Å². The van der Waals surface area contributed by atoms with Gasteiger partial charge in [-0.15, -0.1) is 0 Å². The van der Waals surface area contributed by atoms with Crippen LogP contribution in [0.25, 0.3) is 16.5 Å². The summed E-state index contributed by atoms with van der Waals surface area (Å²) >= 11 is 0. The highest BCUT2D eigenvalue weighted by atomic mass is 16.6. The van der Waals surface area contributed by atoms with E-state index in [2.05, 4.69) is 49.2 Å². The lowest BCUT2D eigenvalue weighted by Gasteiger charge is -2.24. The molecule has 0 saturated carbocycles. The zero-order valence-electron chi connectivity index (χ0n) is 26.1. The number of hydrogen-bond acceptors (Lipinski definition) is 9. The van der Waals surface area contributed by atoms with Crippen LogP contribution in [0.4, 0.5) is 10.6 Å². The number of carbonyl (C=O) groups is 2. The van der Waals surface area contributed by atoms with Crippen molar-refractivity contribution in [3.63, 3.8) is 0 Å². The van der Waals surface area contributed by atoms with Gasteiger partial charge in [0.05, 0.1) is 23.3 Å². The van der Waals surface area contributed by atoms with Crippen LogP contribution in [-0.2, 0) is 9.47 Å². The number of likely N-dealkylation sites (tertiary alicyclic amines) is 1. The van der Waals surface area contributed by atoms with E-state index in [4.69, 9.17) is 9.47 Å². The molecule has 1 saturated heterocycles. The molecule has 0 radical (unpaired) electrons. The number of nitrogens with one attached hydrogen (secondary N) is 2. The fourth-order valence-electron chi connectivity index (χ4n) is 4.76. The van der Waals surface area contributed by atoms with Gasteiger partial charge in [0.2, 0.25) is 0 Å². The van der Waals surface area contributed by atoms with E-state index < -0.39 is 5.60 Å². The van der Waals surface area contributed by atoms with E-state index in [-0.39, 0.29) is 30.0 Å². The first kappa shape index (κ1) is 32.1. The fourth-order valence-corrected chi connectivity index (χ4v) is 4.76. The maximum absolute atomic E-state index is 12.4. The number of allylic oxidation sites excluding steroid dienone is 1. The highest BCUT2D eigenvalue weighted by Gasteiger charge is 2.31. The van der Waals surface area contributed by atoms with Crippen LogP contribution in [0.15, 0.2) is 59.0 Å². The van der Waals surface area contributed by atoms with Gasteiger partial charge in [0.25, 0.3) is 5.91 Å². The number of rotatable bonds is 8. The Morgan fingerprint density at radius 3 is 2.75 bits per heavy atom. The minimum Gasteiger partial charge on any atom is -0.458 e. The molecule has 4 rings (SSSR count). The molecule has 1 aliphatic rings. The number of nitrogens with zero attached hydrogens (tertiary/aromatic N) is 6. The smallest absolute Gasteiger partial charge is 0.410 e. The molecule has 0 bridgehead atoms. The van der Waals surface area contributed by atoms with Gasteiger partial charge in [0.15, 0.2) is 0 Å². The SMILES string of the molecule is C=N/C(=N\C=C(/C)c1cc(NC[C@@H](C)c2cccc3c(C(=O)NC)ccnc23)ncn1)OC1CCN(C(=O)OC(C)(C)C)C1. The number of amides is 2.